The first-order valence-corrected chi connectivity index (χ1v) is 5.57. The molecule has 0 unspecified atom stereocenters. The topological polar surface area (TPSA) is 52.6 Å². The molecule has 0 bridgehead atoms. The van der Waals surface area contributed by atoms with Gasteiger partial charge in [-0.05, 0) is 12.2 Å². The Labute approximate surface area is 88.3 Å². The molecule has 0 saturated carbocycles. The Morgan fingerprint density at radius 1 is 1.00 bits per heavy atom. The number of hydrogen-bond acceptors (Lipinski definition) is 5. The fourth-order valence-electron chi connectivity index (χ4n) is 0.780. The van der Waals surface area contributed by atoms with E-state index in [0.717, 1.165) is 17.9 Å². The van der Waals surface area contributed by atoms with E-state index in [1.54, 1.807) is 11.8 Å². The lowest BCUT2D eigenvalue weighted by Gasteiger charge is -2.00. The van der Waals surface area contributed by atoms with Crippen molar-refractivity contribution >= 4 is 23.7 Å². The molecular formula is C9H16O4S. The van der Waals surface area contributed by atoms with Gasteiger partial charge < -0.3 is 9.47 Å². The maximum Gasteiger partial charge on any atom is 0.306 e. The van der Waals surface area contributed by atoms with Crippen molar-refractivity contribution in [2.24, 2.45) is 0 Å². The van der Waals surface area contributed by atoms with Crippen LogP contribution in [0.15, 0.2) is 0 Å². The lowest BCUT2D eigenvalue weighted by atomic mass is 10.3. The maximum absolute atomic E-state index is 10.7. The van der Waals surface area contributed by atoms with Gasteiger partial charge in [-0.15, -0.1) is 0 Å². The molecule has 0 aliphatic carbocycles. The van der Waals surface area contributed by atoms with Crippen molar-refractivity contribution in [3.05, 3.63) is 0 Å². The number of carbonyl (C=O) groups is 2. The van der Waals surface area contributed by atoms with Crippen LogP contribution in [-0.4, -0.2) is 37.7 Å². The van der Waals surface area contributed by atoms with Crippen LogP contribution in [0.1, 0.15) is 19.3 Å². The largest absolute Gasteiger partial charge is 0.469 e. The van der Waals surface area contributed by atoms with E-state index in [1.165, 1.54) is 14.2 Å². The molecule has 0 amide bonds. The van der Waals surface area contributed by atoms with Crippen molar-refractivity contribution in [2.75, 3.05) is 25.7 Å². The van der Waals surface area contributed by atoms with Gasteiger partial charge in [0.25, 0.3) is 0 Å². The van der Waals surface area contributed by atoms with Crippen molar-refractivity contribution in [2.45, 2.75) is 19.3 Å². The predicted molar refractivity (Wildman–Crippen MR) is 55.2 cm³/mol. The molecule has 0 heterocycles. The molecule has 14 heavy (non-hydrogen) atoms. The van der Waals surface area contributed by atoms with Crippen LogP contribution in [0.2, 0.25) is 0 Å². The smallest absolute Gasteiger partial charge is 0.306 e. The number of carbonyl (C=O) groups excluding carboxylic acids is 2. The van der Waals surface area contributed by atoms with E-state index < -0.39 is 0 Å². The quantitative estimate of drug-likeness (QED) is 0.477. The van der Waals surface area contributed by atoms with Gasteiger partial charge in [0.1, 0.15) is 0 Å². The average molecular weight is 220 g/mol. The summed E-state index contributed by atoms with van der Waals surface area (Å²) in [5.74, 6) is 1.24. The van der Waals surface area contributed by atoms with E-state index >= 15 is 0 Å². The third-order valence-electron chi connectivity index (χ3n) is 1.58. The molecule has 0 N–H and O–H groups in total. The van der Waals surface area contributed by atoms with Gasteiger partial charge in [0.15, 0.2) is 0 Å². The van der Waals surface area contributed by atoms with E-state index in [0.29, 0.717) is 12.8 Å². The fourth-order valence-corrected chi connectivity index (χ4v) is 1.64. The number of esters is 2. The Morgan fingerprint density at radius 3 is 2.14 bits per heavy atom. The zero-order valence-electron chi connectivity index (χ0n) is 8.58. The number of ether oxygens (including phenoxy) is 2. The molecular weight excluding hydrogens is 204 g/mol. The number of rotatable bonds is 7. The van der Waals surface area contributed by atoms with Crippen molar-refractivity contribution in [1.29, 1.82) is 0 Å². The lowest BCUT2D eigenvalue weighted by Crippen LogP contribution is -2.02. The Bertz CT molecular complexity index is 162. The summed E-state index contributed by atoms with van der Waals surface area (Å²) in [4.78, 5) is 21.4. The molecule has 0 aromatic rings. The minimum absolute atomic E-state index is 0.182. The molecule has 82 valence electrons. The van der Waals surface area contributed by atoms with Crippen molar-refractivity contribution in [3.8, 4) is 0 Å². The summed E-state index contributed by atoms with van der Waals surface area (Å²) in [6.07, 6.45) is 1.67. The zero-order valence-corrected chi connectivity index (χ0v) is 9.39. The zero-order chi connectivity index (χ0) is 10.8. The maximum atomic E-state index is 10.7. The van der Waals surface area contributed by atoms with Crippen LogP contribution in [-0.2, 0) is 19.1 Å². The summed E-state index contributed by atoms with van der Waals surface area (Å²) in [6, 6.07) is 0. The molecule has 0 saturated heterocycles. The van der Waals surface area contributed by atoms with Crippen LogP contribution in [0.4, 0.5) is 0 Å². The van der Waals surface area contributed by atoms with Crippen LogP contribution in [0.3, 0.4) is 0 Å². The molecule has 0 aromatic heterocycles. The van der Waals surface area contributed by atoms with Crippen LogP contribution in [0.5, 0.6) is 0 Å². The molecule has 0 fully saturated rings. The highest BCUT2D eigenvalue weighted by atomic mass is 32.2. The second kappa shape index (κ2) is 8.87. The van der Waals surface area contributed by atoms with E-state index in [-0.39, 0.29) is 11.9 Å². The van der Waals surface area contributed by atoms with Crippen molar-refractivity contribution in [1.82, 2.24) is 0 Å². The van der Waals surface area contributed by atoms with Crippen molar-refractivity contribution < 1.29 is 19.1 Å². The highest BCUT2D eigenvalue weighted by Gasteiger charge is 2.01. The minimum Gasteiger partial charge on any atom is -0.469 e. The van der Waals surface area contributed by atoms with Gasteiger partial charge in [-0.3, -0.25) is 9.59 Å². The molecule has 0 atom stereocenters. The SMILES string of the molecule is COC(=O)CCCSCCC(=O)OC. The summed E-state index contributed by atoms with van der Waals surface area (Å²) in [5.41, 5.74) is 0. The van der Waals surface area contributed by atoms with Gasteiger partial charge in [-0.1, -0.05) is 0 Å². The van der Waals surface area contributed by atoms with E-state index in [9.17, 15) is 9.59 Å². The standard InChI is InChI=1S/C9H16O4S/c1-12-8(10)4-3-6-14-7-5-9(11)13-2/h3-7H2,1-2H3. The molecule has 0 aliphatic heterocycles. The van der Waals surface area contributed by atoms with Crippen LogP contribution in [0, 0.1) is 0 Å². The van der Waals surface area contributed by atoms with Crippen LogP contribution >= 0.6 is 11.8 Å². The average Bonchev–Trinajstić information content (AvgIpc) is 2.22. The molecule has 4 nitrogen and oxygen atoms in total. The Hall–Kier alpha value is -0.710. The first-order chi connectivity index (χ1) is 6.70. The Balaban J connectivity index is 3.14. The normalized spacial score (nSPS) is 9.57. The second-order valence-corrected chi connectivity index (χ2v) is 3.84. The minimum atomic E-state index is -0.189. The number of methoxy groups -OCH3 is 2. The highest BCUT2D eigenvalue weighted by Crippen LogP contribution is 2.07. The van der Waals surface area contributed by atoms with Crippen LogP contribution < -0.4 is 0 Å². The monoisotopic (exact) mass is 220 g/mol. The molecule has 0 radical (unpaired) electrons. The summed E-state index contributed by atoms with van der Waals surface area (Å²) in [5, 5.41) is 0. The van der Waals surface area contributed by atoms with Gasteiger partial charge in [0.05, 0.1) is 20.6 Å². The first kappa shape index (κ1) is 13.3. The summed E-state index contributed by atoms with van der Waals surface area (Å²) in [7, 11) is 2.76. The molecule has 0 spiro atoms. The second-order valence-electron chi connectivity index (χ2n) is 2.62. The predicted octanol–water partition coefficient (Wildman–Crippen LogP) is 1.24. The van der Waals surface area contributed by atoms with Crippen molar-refractivity contribution in [3.63, 3.8) is 0 Å². The lowest BCUT2D eigenvalue weighted by molar-refractivity contribution is -0.141. The van der Waals surface area contributed by atoms with Gasteiger partial charge in [-0.2, -0.15) is 11.8 Å². The number of thioether (sulfide) groups is 1. The number of hydrogen-bond donors (Lipinski definition) is 0. The Kier molecular flexibility index (Phi) is 8.42. The van der Waals surface area contributed by atoms with E-state index in [2.05, 4.69) is 9.47 Å². The summed E-state index contributed by atoms with van der Waals surface area (Å²) in [6.45, 7) is 0. The van der Waals surface area contributed by atoms with Crippen LogP contribution in [0.25, 0.3) is 0 Å². The summed E-state index contributed by atoms with van der Waals surface area (Å²) >= 11 is 1.64. The fraction of sp³-hybridized carbons (Fsp3) is 0.778. The third kappa shape index (κ3) is 7.91. The highest BCUT2D eigenvalue weighted by molar-refractivity contribution is 7.99. The molecule has 0 rings (SSSR count). The third-order valence-corrected chi connectivity index (χ3v) is 2.65. The molecule has 0 aromatic carbocycles. The van der Waals surface area contributed by atoms with Gasteiger partial charge in [0, 0.05) is 12.2 Å². The molecule has 0 aliphatic rings. The van der Waals surface area contributed by atoms with Gasteiger partial charge >= 0.3 is 11.9 Å². The first-order valence-electron chi connectivity index (χ1n) is 4.42. The van der Waals surface area contributed by atoms with Gasteiger partial charge in [-0.25, -0.2) is 0 Å². The van der Waals surface area contributed by atoms with E-state index in [4.69, 9.17) is 0 Å². The Morgan fingerprint density at radius 2 is 1.57 bits per heavy atom. The van der Waals surface area contributed by atoms with Gasteiger partial charge in [0.2, 0.25) is 0 Å². The molecule has 5 heteroatoms. The summed E-state index contributed by atoms with van der Waals surface area (Å²) < 4.78 is 8.98. The van der Waals surface area contributed by atoms with E-state index in [1.807, 2.05) is 0 Å².